The number of carbonyl (C=O) groups is 1. The smallest absolute Gasteiger partial charge is 0.243 e. The number of aromatic nitrogens is 1. The highest BCUT2D eigenvalue weighted by atomic mass is 32.2. The number of nitrogens with zero attached hydrogens (tertiary/aromatic N) is 2. The van der Waals surface area contributed by atoms with Gasteiger partial charge in [-0.3, -0.25) is 4.79 Å². The van der Waals surface area contributed by atoms with Gasteiger partial charge >= 0.3 is 0 Å². The molecule has 0 aliphatic carbocycles. The van der Waals surface area contributed by atoms with Crippen LogP contribution in [0, 0.1) is 13.8 Å². The van der Waals surface area contributed by atoms with Gasteiger partial charge in [-0.05, 0) is 54.7 Å². The van der Waals surface area contributed by atoms with E-state index in [2.05, 4.69) is 10.5 Å². The third kappa shape index (κ3) is 5.03. The van der Waals surface area contributed by atoms with Gasteiger partial charge in [0.05, 0.1) is 4.90 Å². The van der Waals surface area contributed by atoms with E-state index in [1.165, 1.54) is 11.2 Å². The average molecular weight is 478 g/mol. The third-order valence-corrected chi connectivity index (χ3v) is 7.77. The van der Waals surface area contributed by atoms with Gasteiger partial charge in [-0.25, -0.2) is 8.42 Å². The Morgan fingerprint density at radius 1 is 1.12 bits per heavy atom. The second-order valence-corrected chi connectivity index (χ2v) is 10.2. The SMILES string of the molecule is CC(=O)Nc1c(C)noc1C=Cc1ccc(C)c(S(=O)(=O)N2CC=C(c3ccccc3)CC2)c1. The summed E-state index contributed by atoms with van der Waals surface area (Å²) in [7, 11) is -3.66. The van der Waals surface area contributed by atoms with E-state index in [0.717, 1.165) is 11.1 Å². The molecule has 2 aromatic carbocycles. The molecule has 4 rings (SSSR count). The van der Waals surface area contributed by atoms with Crippen LogP contribution in [0.1, 0.15) is 41.5 Å². The quantitative estimate of drug-likeness (QED) is 0.545. The van der Waals surface area contributed by atoms with Crippen molar-refractivity contribution in [1.29, 1.82) is 0 Å². The molecule has 0 bridgehead atoms. The molecule has 1 N–H and O–H groups in total. The zero-order valence-corrected chi connectivity index (χ0v) is 20.2. The summed E-state index contributed by atoms with van der Waals surface area (Å²) in [4.78, 5) is 11.7. The van der Waals surface area contributed by atoms with Gasteiger partial charge in [-0.15, -0.1) is 0 Å². The van der Waals surface area contributed by atoms with E-state index in [-0.39, 0.29) is 10.8 Å². The van der Waals surface area contributed by atoms with Crippen molar-refractivity contribution in [2.75, 3.05) is 18.4 Å². The van der Waals surface area contributed by atoms with Crippen molar-refractivity contribution in [2.45, 2.75) is 32.1 Å². The monoisotopic (exact) mass is 477 g/mol. The predicted octanol–water partition coefficient (Wildman–Crippen LogP) is 4.90. The highest BCUT2D eigenvalue weighted by Crippen LogP contribution is 2.28. The van der Waals surface area contributed by atoms with Crippen LogP contribution in [0.5, 0.6) is 0 Å². The summed E-state index contributed by atoms with van der Waals surface area (Å²) in [5.41, 5.74) is 4.74. The van der Waals surface area contributed by atoms with Gasteiger partial charge < -0.3 is 9.84 Å². The van der Waals surface area contributed by atoms with Gasteiger partial charge in [-0.1, -0.05) is 59.8 Å². The largest absolute Gasteiger partial charge is 0.354 e. The number of sulfonamides is 1. The van der Waals surface area contributed by atoms with Crippen molar-refractivity contribution in [3.8, 4) is 0 Å². The maximum atomic E-state index is 13.5. The van der Waals surface area contributed by atoms with E-state index in [9.17, 15) is 13.2 Å². The summed E-state index contributed by atoms with van der Waals surface area (Å²) in [6.07, 6.45) is 6.07. The Hall–Kier alpha value is -3.49. The molecule has 1 aromatic heterocycles. The van der Waals surface area contributed by atoms with Crippen LogP contribution in [0.15, 0.2) is 64.0 Å². The molecule has 0 spiro atoms. The van der Waals surface area contributed by atoms with Crippen LogP contribution in [0.4, 0.5) is 5.69 Å². The molecule has 0 saturated carbocycles. The first-order valence-corrected chi connectivity index (χ1v) is 12.5. The predicted molar refractivity (Wildman–Crippen MR) is 133 cm³/mol. The Kier molecular flexibility index (Phi) is 6.81. The molecule has 8 heteroatoms. The Bertz CT molecular complexity index is 1370. The topological polar surface area (TPSA) is 92.5 Å². The van der Waals surface area contributed by atoms with Gasteiger partial charge in [0, 0.05) is 20.0 Å². The number of aryl methyl sites for hydroxylation is 2. The molecule has 0 unspecified atom stereocenters. The molecular formula is C26H27N3O4S. The second kappa shape index (κ2) is 9.79. The molecule has 176 valence electrons. The van der Waals surface area contributed by atoms with Crippen LogP contribution in [0.2, 0.25) is 0 Å². The van der Waals surface area contributed by atoms with Crippen LogP contribution >= 0.6 is 0 Å². The fourth-order valence-electron chi connectivity index (χ4n) is 3.92. The zero-order chi connectivity index (χ0) is 24.3. The fourth-order valence-corrected chi connectivity index (χ4v) is 5.56. The molecular weight excluding hydrogens is 450 g/mol. The summed E-state index contributed by atoms with van der Waals surface area (Å²) in [5.74, 6) is 0.169. The van der Waals surface area contributed by atoms with Crippen molar-refractivity contribution in [3.63, 3.8) is 0 Å². The molecule has 3 aromatic rings. The minimum atomic E-state index is -3.66. The summed E-state index contributed by atoms with van der Waals surface area (Å²) < 4.78 is 33.7. The van der Waals surface area contributed by atoms with Gasteiger partial charge in [0.25, 0.3) is 0 Å². The number of amides is 1. The number of nitrogens with one attached hydrogen (secondary N) is 1. The summed E-state index contributed by atoms with van der Waals surface area (Å²) in [6, 6.07) is 15.3. The number of carbonyl (C=O) groups excluding carboxylic acids is 1. The van der Waals surface area contributed by atoms with Gasteiger partial charge in [0.2, 0.25) is 15.9 Å². The van der Waals surface area contributed by atoms with Crippen LogP contribution in [0.25, 0.3) is 17.7 Å². The minimum absolute atomic E-state index is 0.226. The standard InChI is InChI=1S/C26H27N3O4S/c1-18-9-10-21(11-12-24-26(27-20(3)30)19(2)28-33-24)17-25(18)34(31,32)29-15-13-23(14-16-29)22-7-5-4-6-8-22/h4-13,17H,14-16H2,1-3H3,(H,27,30). The van der Waals surface area contributed by atoms with Gasteiger partial charge in [0.1, 0.15) is 11.4 Å². The maximum Gasteiger partial charge on any atom is 0.243 e. The molecule has 7 nitrogen and oxygen atoms in total. The number of benzene rings is 2. The summed E-state index contributed by atoms with van der Waals surface area (Å²) in [5, 5.41) is 6.60. The molecule has 0 fully saturated rings. The van der Waals surface area contributed by atoms with E-state index in [4.69, 9.17) is 4.52 Å². The Morgan fingerprint density at radius 2 is 1.88 bits per heavy atom. The molecule has 2 heterocycles. The molecule has 0 radical (unpaired) electrons. The first-order chi connectivity index (χ1) is 16.3. The first-order valence-electron chi connectivity index (χ1n) is 11.0. The Balaban J connectivity index is 1.57. The zero-order valence-electron chi connectivity index (χ0n) is 19.4. The lowest BCUT2D eigenvalue weighted by molar-refractivity contribution is -0.114. The lowest BCUT2D eigenvalue weighted by atomic mass is 10.0. The lowest BCUT2D eigenvalue weighted by Crippen LogP contribution is -2.35. The molecule has 1 aliphatic heterocycles. The Morgan fingerprint density at radius 3 is 2.56 bits per heavy atom. The number of hydrogen-bond acceptors (Lipinski definition) is 5. The number of anilines is 1. The molecule has 0 atom stereocenters. The van der Waals surface area contributed by atoms with Crippen molar-refractivity contribution in [3.05, 3.63) is 82.8 Å². The molecule has 1 amide bonds. The molecule has 34 heavy (non-hydrogen) atoms. The van der Waals surface area contributed by atoms with E-state index < -0.39 is 10.0 Å². The van der Waals surface area contributed by atoms with Crippen molar-refractivity contribution >= 4 is 39.3 Å². The van der Waals surface area contributed by atoms with E-state index >= 15 is 0 Å². The van der Waals surface area contributed by atoms with Crippen LogP contribution in [-0.2, 0) is 14.8 Å². The van der Waals surface area contributed by atoms with E-state index in [1.807, 2.05) is 42.5 Å². The van der Waals surface area contributed by atoms with Crippen molar-refractivity contribution < 1.29 is 17.7 Å². The fraction of sp³-hybridized carbons (Fsp3) is 0.231. The maximum absolute atomic E-state index is 13.5. The van der Waals surface area contributed by atoms with Crippen LogP contribution in [0.3, 0.4) is 0 Å². The second-order valence-electron chi connectivity index (χ2n) is 8.26. The summed E-state index contributed by atoms with van der Waals surface area (Å²) in [6.45, 7) is 5.71. The third-order valence-electron chi connectivity index (χ3n) is 5.76. The van der Waals surface area contributed by atoms with Crippen LogP contribution in [-0.4, -0.2) is 36.9 Å². The van der Waals surface area contributed by atoms with E-state index in [0.29, 0.717) is 47.8 Å². The van der Waals surface area contributed by atoms with Crippen molar-refractivity contribution in [1.82, 2.24) is 9.46 Å². The normalized spacial score (nSPS) is 14.9. The molecule has 0 saturated heterocycles. The number of hydrogen-bond donors (Lipinski definition) is 1. The van der Waals surface area contributed by atoms with Crippen molar-refractivity contribution in [2.24, 2.45) is 0 Å². The highest BCUT2D eigenvalue weighted by molar-refractivity contribution is 7.89. The lowest BCUT2D eigenvalue weighted by Gasteiger charge is -2.26. The van der Waals surface area contributed by atoms with Crippen LogP contribution < -0.4 is 5.32 Å². The van der Waals surface area contributed by atoms with Gasteiger partial charge in [0.15, 0.2) is 5.76 Å². The van der Waals surface area contributed by atoms with E-state index in [1.54, 1.807) is 38.1 Å². The Labute approximate surface area is 199 Å². The average Bonchev–Trinajstić information content (AvgIpc) is 3.17. The van der Waals surface area contributed by atoms with Gasteiger partial charge in [-0.2, -0.15) is 4.31 Å². The first kappa shape index (κ1) is 23.7. The minimum Gasteiger partial charge on any atom is -0.354 e. The number of rotatable bonds is 6. The summed E-state index contributed by atoms with van der Waals surface area (Å²) >= 11 is 0. The highest BCUT2D eigenvalue weighted by Gasteiger charge is 2.28. The molecule has 1 aliphatic rings.